The van der Waals surface area contributed by atoms with E-state index in [0.717, 1.165) is 24.2 Å². The molecule has 0 aromatic heterocycles. The van der Waals surface area contributed by atoms with E-state index in [1.54, 1.807) is 0 Å². The molecule has 4 rings (SSSR count). The maximum Gasteiger partial charge on any atom is 0.147 e. The molecule has 3 nitrogen and oxygen atoms in total. The van der Waals surface area contributed by atoms with Crippen molar-refractivity contribution in [3.8, 4) is 0 Å². The van der Waals surface area contributed by atoms with Crippen LogP contribution >= 0.6 is 0 Å². The largest absolute Gasteiger partial charge is 0.393 e. The monoisotopic (exact) mass is 300 g/mol. The molecular weight excluding hydrogens is 272 g/mol. The predicted molar refractivity (Wildman–Crippen MR) is 80.2 cm³/mol. The molecule has 1 atom stereocenters. The smallest absolute Gasteiger partial charge is 0.147 e. The minimum absolute atomic E-state index is 0.213. The molecule has 0 aromatic rings. The maximum atomic E-state index is 11.1. The average molecular weight is 300 g/mol. The standard InChI is InChI=1S/C16H28O3S/c1-20(18,19)4-2-3-15(17)11-16-8-12-5-13(9-16)7-14(6-12)10-16/h12-15,17H,2-11H2,1H3. The van der Waals surface area contributed by atoms with Gasteiger partial charge in [-0.2, -0.15) is 0 Å². The van der Waals surface area contributed by atoms with Crippen molar-refractivity contribution in [1.82, 2.24) is 0 Å². The predicted octanol–water partition coefficient (Wildman–Crippen LogP) is 2.78. The van der Waals surface area contributed by atoms with Crippen molar-refractivity contribution in [2.45, 2.75) is 63.9 Å². The van der Waals surface area contributed by atoms with Crippen molar-refractivity contribution in [2.75, 3.05) is 12.0 Å². The number of rotatable bonds is 6. The van der Waals surface area contributed by atoms with Crippen LogP contribution in [0.3, 0.4) is 0 Å². The molecule has 4 saturated carbocycles. The Kier molecular flexibility index (Phi) is 3.91. The van der Waals surface area contributed by atoms with Gasteiger partial charge in [-0.15, -0.1) is 0 Å². The molecule has 0 radical (unpaired) electrons. The van der Waals surface area contributed by atoms with E-state index in [1.165, 1.54) is 44.8 Å². The molecule has 20 heavy (non-hydrogen) atoms. The minimum Gasteiger partial charge on any atom is -0.393 e. The Morgan fingerprint density at radius 1 is 1.10 bits per heavy atom. The van der Waals surface area contributed by atoms with E-state index in [2.05, 4.69) is 0 Å². The fourth-order valence-electron chi connectivity index (χ4n) is 5.72. The topological polar surface area (TPSA) is 54.4 Å². The maximum absolute atomic E-state index is 11.1. The summed E-state index contributed by atoms with van der Waals surface area (Å²) in [5.74, 6) is 2.98. The normalized spacial score (nSPS) is 41.0. The summed E-state index contributed by atoms with van der Waals surface area (Å²) in [6.45, 7) is 0. The van der Waals surface area contributed by atoms with Crippen LogP contribution in [0, 0.1) is 23.2 Å². The third kappa shape index (κ3) is 3.38. The quantitative estimate of drug-likeness (QED) is 0.820. The van der Waals surface area contributed by atoms with Crippen LogP contribution in [0.5, 0.6) is 0 Å². The van der Waals surface area contributed by atoms with Crippen molar-refractivity contribution in [3.05, 3.63) is 0 Å². The Hall–Kier alpha value is -0.0900. The van der Waals surface area contributed by atoms with Crippen molar-refractivity contribution >= 4 is 9.84 Å². The minimum atomic E-state index is -2.88. The zero-order chi connectivity index (χ0) is 14.4. The first-order valence-electron chi connectivity index (χ1n) is 8.19. The van der Waals surface area contributed by atoms with Gasteiger partial charge in [-0.25, -0.2) is 8.42 Å². The zero-order valence-electron chi connectivity index (χ0n) is 12.6. The number of hydrogen-bond acceptors (Lipinski definition) is 3. The summed E-state index contributed by atoms with van der Waals surface area (Å²) in [5, 5.41) is 10.3. The van der Waals surface area contributed by atoms with Crippen LogP contribution in [0.4, 0.5) is 0 Å². The van der Waals surface area contributed by atoms with E-state index < -0.39 is 9.84 Å². The molecule has 4 bridgehead atoms. The Labute approximate surface area is 123 Å². The van der Waals surface area contributed by atoms with E-state index >= 15 is 0 Å². The Morgan fingerprint density at radius 3 is 2.05 bits per heavy atom. The summed E-state index contributed by atoms with van der Waals surface area (Å²) in [6, 6.07) is 0. The summed E-state index contributed by atoms with van der Waals surface area (Å²) in [4.78, 5) is 0. The van der Waals surface area contributed by atoms with Gasteiger partial charge in [0, 0.05) is 12.0 Å². The molecule has 0 saturated heterocycles. The van der Waals surface area contributed by atoms with Crippen LogP contribution in [-0.4, -0.2) is 31.6 Å². The molecule has 1 unspecified atom stereocenters. The molecule has 0 amide bonds. The Bertz CT molecular complexity index is 419. The SMILES string of the molecule is CS(=O)(=O)CCCC(O)CC12CC3CC(CC(C3)C1)C2. The Morgan fingerprint density at radius 2 is 1.60 bits per heavy atom. The molecule has 1 N–H and O–H groups in total. The summed E-state index contributed by atoms with van der Waals surface area (Å²) in [7, 11) is -2.88. The molecule has 4 heteroatoms. The summed E-state index contributed by atoms with van der Waals surface area (Å²) in [5.41, 5.74) is 0.402. The van der Waals surface area contributed by atoms with Gasteiger partial charge in [0.05, 0.1) is 6.10 Å². The second kappa shape index (κ2) is 5.28. The van der Waals surface area contributed by atoms with E-state index in [-0.39, 0.29) is 11.9 Å². The van der Waals surface area contributed by atoms with Gasteiger partial charge in [0.2, 0.25) is 0 Å². The summed E-state index contributed by atoms with van der Waals surface area (Å²) in [6.07, 6.45) is 11.4. The molecular formula is C16H28O3S. The van der Waals surface area contributed by atoms with E-state index in [0.29, 0.717) is 18.3 Å². The first-order chi connectivity index (χ1) is 9.34. The summed E-state index contributed by atoms with van der Waals surface area (Å²) < 4.78 is 22.3. The second-order valence-electron chi connectivity index (χ2n) is 8.05. The van der Waals surface area contributed by atoms with Crippen LogP contribution in [0.1, 0.15) is 57.8 Å². The van der Waals surface area contributed by atoms with Gasteiger partial charge in [-0.1, -0.05) is 0 Å². The van der Waals surface area contributed by atoms with Gasteiger partial charge in [-0.3, -0.25) is 0 Å². The highest BCUT2D eigenvalue weighted by Crippen LogP contribution is 2.61. The van der Waals surface area contributed by atoms with Gasteiger partial charge in [-0.05, 0) is 81.0 Å². The van der Waals surface area contributed by atoms with Crippen LogP contribution in [0.25, 0.3) is 0 Å². The van der Waals surface area contributed by atoms with Crippen LogP contribution in [0.15, 0.2) is 0 Å². The highest BCUT2D eigenvalue weighted by atomic mass is 32.2. The van der Waals surface area contributed by atoms with Gasteiger partial charge in [0.1, 0.15) is 9.84 Å². The van der Waals surface area contributed by atoms with E-state index in [1.807, 2.05) is 0 Å². The molecule has 4 aliphatic carbocycles. The highest BCUT2D eigenvalue weighted by Gasteiger charge is 2.51. The second-order valence-corrected chi connectivity index (χ2v) is 10.3. The lowest BCUT2D eigenvalue weighted by atomic mass is 9.48. The van der Waals surface area contributed by atoms with Gasteiger partial charge >= 0.3 is 0 Å². The van der Waals surface area contributed by atoms with Crippen LogP contribution < -0.4 is 0 Å². The van der Waals surface area contributed by atoms with Gasteiger partial charge in [0.25, 0.3) is 0 Å². The average Bonchev–Trinajstić information content (AvgIpc) is 2.23. The molecule has 0 aromatic carbocycles. The first-order valence-corrected chi connectivity index (χ1v) is 10.3. The number of aliphatic hydroxyl groups is 1. The Balaban J connectivity index is 1.52. The highest BCUT2D eigenvalue weighted by molar-refractivity contribution is 7.90. The van der Waals surface area contributed by atoms with E-state index in [9.17, 15) is 13.5 Å². The van der Waals surface area contributed by atoms with Gasteiger partial charge in [0.15, 0.2) is 0 Å². The molecule has 4 fully saturated rings. The fourth-order valence-corrected chi connectivity index (χ4v) is 6.41. The lowest BCUT2D eigenvalue weighted by molar-refractivity contribution is -0.0766. The zero-order valence-corrected chi connectivity index (χ0v) is 13.4. The third-order valence-electron chi connectivity index (χ3n) is 5.89. The third-order valence-corrected chi connectivity index (χ3v) is 6.92. The molecule has 0 aliphatic heterocycles. The lowest BCUT2D eigenvalue weighted by Gasteiger charge is -2.57. The number of sulfone groups is 1. The van der Waals surface area contributed by atoms with Crippen LogP contribution in [-0.2, 0) is 9.84 Å². The van der Waals surface area contributed by atoms with Crippen molar-refractivity contribution < 1.29 is 13.5 Å². The number of aliphatic hydroxyl groups excluding tert-OH is 1. The molecule has 0 spiro atoms. The fraction of sp³-hybridized carbons (Fsp3) is 1.00. The summed E-state index contributed by atoms with van der Waals surface area (Å²) >= 11 is 0. The number of hydrogen-bond donors (Lipinski definition) is 1. The van der Waals surface area contributed by atoms with Gasteiger partial charge < -0.3 is 5.11 Å². The first kappa shape index (κ1) is 14.8. The van der Waals surface area contributed by atoms with E-state index in [4.69, 9.17) is 0 Å². The lowest BCUT2D eigenvalue weighted by Crippen LogP contribution is -2.47. The van der Waals surface area contributed by atoms with Crippen molar-refractivity contribution in [2.24, 2.45) is 23.2 Å². The van der Waals surface area contributed by atoms with Crippen molar-refractivity contribution in [1.29, 1.82) is 0 Å². The van der Waals surface area contributed by atoms with Crippen LogP contribution in [0.2, 0.25) is 0 Å². The molecule has 116 valence electrons. The molecule has 4 aliphatic rings. The van der Waals surface area contributed by atoms with Crippen molar-refractivity contribution in [3.63, 3.8) is 0 Å². The molecule has 0 heterocycles.